The van der Waals surface area contributed by atoms with Crippen LogP contribution >= 0.6 is 0 Å². The average Bonchev–Trinajstić information content (AvgIpc) is 3.32. The highest BCUT2D eigenvalue weighted by molar-refractivity contribution is 7.89. The first-order valence-electron chi connectivity index (χ1n) is 15.4. The van der Waals surface area contributed by atoms with E-state index in [2.05, 4.69) is 28.6 Å². The van der Waals surface area contributed by atoms with Crippen molar-refractivity contribution in [2.24, 2.45) is 0 Å². The van der Waals surface area contributed by atoms with Crippen LogP contribution in [0.4, 0.5) is 5.69 Å². The molecule has 0 radical (unpaired) electrons. The van der Waals surface area contributed by atoms with E-state index >= 15 is 0 Å². The van der Waals surface area contributed by atoms with Crippen LogP contribution in [-0.4, -0.2) is 81.1 Å². The number of amides is 2. The number of aryl methyl sites for hydroxylation is 3. The van der Waals surface area contributed by atoms with Gasteiger partial charge in [-0.2, -0.15) is 0 Å². The number of fused-ring (bicyclic) bond motifs is 1. The number of hydrogen-bond acceptors (Lipinski definition) is 8. The van der Waals surface area contributed by atoms with Gasteiger partial charge in [0, 0.05) is 51.7 Å². The zero-order valence-electron chi connectivity index (χ0n) is 27.1. The number of hydrogen-bond donors (Lipinski definition) is 1. The van der Waals surface area contributed by atoms with Crippen LogP contribution in [0.3, 0.4) is 0 Å². The summed E-state index contributed by atoms with van der Waals surface area (Å²) in [6, 6.07) is 13.7. The van der Waals surface area contributed by atoms with E-state index in [0.29, 0.717) is 26.2 Å². The standard InChI is InChI=1S/C33H45N5O6S/c1-23(2)36-17-8-18-38(31(40)21-27-11-13-29(43-6)14-12-27)32-24(3)9-7-10-28(32)22-37(20-19-36)30(39)15-16-34-45(41,42)33-25(4)35-44-26(33)5/h7,9-14,23,34H,8,15-22H2,1-6H3. The van der Waals surface area contributed by atoms with Gasteiger partial charge in [-0.1, -0.05) is 35.5 Å². The van der Waals surface area contributed by atoms with Crippen LogP contribution in [0.2, 0.25) is 0 Å². The van der Waals surface area contributed by atoms with Crippen molar-refractivity contribution in [2.45, 2.75) is 71.4 Å². The number of carbonyl (C=O) groups is 2. The van der Waals surface area contributed by atoms with E-state index in [9.17, 15) is 18.0 Å². The van der Waals surface area contributed by atoms with E-state index in [1.807, 2.05) is 54.3 Å². The van der Waals surface area contributed by atoms with Crippen LogP contribution in [0.25, 0.3) is 0 Å². The number of sulfonamides is 1. The predicted molar refractivity (Wildman–Crippen MR) is 173 cm³/mol. The Morgan fingerprint density at radius 1 is 1.00 bits per heavy atom. The third-order valence-electron chi connectivity index (χ3n) is 8.20. The molecule has 0 unspecified atom stereocenters. The van der Waals surface area contributed by atoms with Gasteiger partial charge in [0.05, 0.1) is 19.2 Å². The van der Waals surface area contributed by atoms with Crippen LogP contribution in [0.1, 0.15) is 54.8 Å². The Kier molecular flexibility index (Phi) is 11.4. The summed E-state index contributed by atoms with van der Waals surface area (Å²) in [5, 5.41) is 3.73. The van der Waals surface area contributed by atoms with Gasteiger partial charge in [0.25, 0.3) is 0 Å². The predicted octanol–water partition coefficient (Wildman–Crippen LogP) is 4.00. The zero-order valence-corrected chi connectivity index (χ0v) is 27.9. The summed E-state index contributed by atoms with van der Waals surface area (Å²) in [4.78, 5) is 33.6. The molecule has 2 amide bonds. The van der Waals surface area contributed by atoms with Crippen LogP contribution in [0, 0.1) is 20.8 Å². The van der Waals surface area contributed by atoms with Gasteiger partial charge in [0.1, 0.15) is 16.3 Å². The molecule has 4 rings (SSSR count). The summed E-state index contributed by atoms with van der Waals surface area (Å²) in [6.45, 7) is 12.0. The monoisotopic (exact) mass is 639 g/mol. The fourth-order valence-electron chi connectivity index (χ4n) is 5.80. The Labute approximate surface area is 266 Å². The molecule has 0 saturated carbocycles. The summed E-state index contributed by atoms with van der Waals surface area (Å²) < 4.78 is 38.7. The SMILES string of the molecule is COc1ccc(CC(=O)N2CCCN(C(C)C)CCN(C(=O)CCNS(=O)(=O)c3c(C)noc3C)Cc3cccc(C)c32)cc1. The molecule has 1 aromatic heterocycles. The number of ether oxygens (including phenoxy) is 1. The van der Waals surface area contributed by atoms with Crippen molar-refractivity contribution in [3.63, 3.8) is 0 Å². The normalized spacial score (nSPS) is 15.1. The van der Waals surface area contributed by atoms with Gasteiger partial charge >= 0.3 is 0 Å². The Balaban J connectivity index is 1.59. The van der Waals surface area contributed by atoms with Gasteiger partial charge in [-0.15, -0.1) is 0 Å². The Hall–Kier alpha value is -3.74. The summed E-state index contributed by atoms with van der Waals surface area (Å²) in [7, 11) is -2.28. The van der Waals surface area contributed by atoms with Crippen molar-refractivity contribution >= 4 is 27.5 Å². The van der Waals surface area contributed by atoms with Crippen molar-refractivity contribution in [3.05, 3.63) is 70.6 Å². The first kappa shape index (κ1) is 34.1. The van der Waals surface area contributed by atoms with Gasteiger partial charge in [0.15, 0.2) is 5.76 Å². The number of methoxy groups -OCH3 is 1. The molecule has 0 spiro atoms. The second kappa shape index (κ2) is 15.0. The maximum atomic E-state index is 13.9. The van der Waals surface area contributed by atoms with Crippen molar-refractivity contribution in [1.29, 1.82) is 0 Å². The third-order valence-corrected chi connectivity index (χ3v) is 9.91. The van der Waals surface area contributed by atoms with Crippen molar-refractivity contribution in [2.75, 3.05) is 44.7 Å². The molecule has 1 aliphatic rings. The van der Waals surface area contributed by atoms with Crippen LogP contribution in [-0.2, 0) is 32.6 Å². The molecule has 2 heterocycles. The highest BCUT2D eigenvalue weighted by Gasteiger charge is 2.27. The smallest absolute Gasteiger partial charge is 0.245 e. The Morgan fingerprint density at radius 3 is 2.38 bits per heavy atom. The molecule has 1 aliphatic heterocycles. The third kappa shape index (κ3) is 8.50. The van der Waals surface area contributed by atoms with Crippen LogP contribution in [0.15, 0.2) is 51.9 Å². The van der Waals surface area contributed by atoms with Crippen LogP contribution < -0.4 is 14.4 Å². The number of rotatable bonds is 9. The maximum absolute atomic E-state index is 13.9. The number of anilines is 1. The van der Waals surface area contributed by atoms with E-state index in [1.165, 1.54) is 0 Å². The molecule has 0 saturated heterocycles. The molecule has 1 N–H and O–H groups in total. The van der Waals surface area contributed by atoms with E-state index in [1.54, 1.807) is 25.9 Å². The molecule has 45 heavy (non-hydrogen) atoms. The van der Waals surface area contributed by atoms with Gasteiger partial charge in [-0.25, -0.2) is 13.1 Å². The van der Waals surface area contributed by atoms with Crippen molar-refractivity contribution < 1.29 is 27.3 Å². The van der Waals surface area contributed by atoms with Crippen LogP contribution in [0.5, 0.6) is 5.75 Å². The lowest BCUT2D eigenvalue weighted by molar-refractivity contribution is -0.132. The minimum atomic E-state index is -3.89. The quantitative estimate of drug-likeness (QED) is 0.373. The summed E-state index contributed by atoms with van der Waals surface area (Å²) in [5.74, 6) is 0.739. The zero-order chi connectivity index (χ0) is 32.7. The number of benzene rings is 2. The fraction of sp³-hybridized carbons (Fsp3) is 0.485. The average molecular weight is 640 g/mol. The lowest BCUT2D eigenvalue weighted by Gasteiger charge is -2.30. The van der Waals surface area contributed by atoms with Crippen molar-refractivity contribution in [3.8, 4) is 5.75 Å². The highest BCUT2D eigenvalue weighted by Crippen LogP contribution is 2.29. The molecule has 2 aromatic carbocycles. The van der Waals surface area contributed by atoms with Crippen molar-refractivity contribution in [1.82, 2.24) is 19.7 Å². The molecule has 0 aliphatic carbocycles. The topological polar surface area (TPSA) is 125 Å². The molecule has 0 fully saturated rings. The largest absolute Gasteiger partial charge is 0.497 e. The second-order valence-electron chi connectivity index (χ2n) is 11.8. The fourth-order valence-corrected chi connectivity index (χ4v) is 7.15. The molecule has 0 bridgehead atoms. The number of nitrogens with one attached hydrogen (secondary N) is 1. The maximum Gasteiger partial charge on any atom is 0.245 e. The number of nitrogens with zero attached hydrogens (tertiary/aromatic N) is 4. The minimum Gasteiger partial charge on any atom is -0.497 e. The molecular weight excluding hydrogens is 594 g/mol. The van der Waals surface area contributed by atoms with Gasteiger partial charge in [-0.3, -0.25) is 14.5 Å². The summed E-state index contributed by atoms with van der Waals surface area (Å²) in [6.07, 6.45) is 0.989. The Bertz CT molecular complexity index is 1570. The Morgan fingerprint density at radius 2 is 1.73 bits per heavy atom. The first-order chi connectivity index (χ1) is 21.4. The highest BCUT2D eigenvalue weighted by atomic mass is 32.2. The lowest BCUT2D eigenvalue weighted by Crippen LogP contribution is -2.42. The number of aromatic nitrogens is 1. The van der Waals surface area contributed by atoms with E-state index in [0.717, 1.165) is 41.1 Å². The van der Waals surface area contributed by atoms with E-state index < -0.39 is 10.0 Å². The van der Waals surface area contributed by atoms with E-state index in [-0.39, 0.29) is 53.6 Å². The molecular formula is C33H45N5O6S. The van der Waals surface area contributed by atoms with Gasteiger partial charge in [-0.05, 0) is 69.9 Å². The number of para-hydroxylation sites is 1. The molecule has 12 heteroatoms. The lowest BCUT2D eigenvalue weighted by atomic mass is 10.0. The summed E-state index contributed by atoms with van der Waals surface area (Å²) >= 11 is 0. The first-order valence-corrected chi connectivity index (χ1v) is 16.9. The van der Waals surface area contributed by atoms with E-state index in [4.69, 9.17) is 9.26 Å². The second-order valence-corrected chi connectivity index (χ2v) is 13.5. The van der Waals surface area contributed by atoms with Gasteiger partial charge in [0.2, 0.25) is 21.8 Å². The summed E-state index contributed by atoms with van der Waals surface area (Å²) in [5.41, 5.74) is 3.82. The number of carbonyl (C=O) groups excluding carboxylic acids is 2. The van der Waals surface area contributed by atoms with Gasteiger partial charge < -0.3 is 19.1 Å². The molecule has 244 valence electrons. The molecule has 0 atom stereocenters. The minimum absolute atomic E-state index is 0.00146. The molecule has 3 aromatic rings. The molecule has 11 nitrogen and oxygen atoms in total.